The molecule has 0 saturated carbocycles. The van der Waals surface area contributed by atoms with Crippen LogP contribution in [-0.4, -0.2) is 23.2 Å². The second kappa shape index (κ2) is 5.70. The Labute approximate surface area is 164 Å². The van der Waals surface area contributed by atoms with Gasteiger partial charge in [-0.3, -0.25) is 4.98 Å². The van der Waals surface area contributed by atoms with Gasteiger partial charge in [-0.25, -0.2) is 0 Å². The van der Waals surface area contributed by atoms with Crippen LogP contribution in [0.1, 0.15) is 32.8 Å². The lowest BCUT2D eigenvalue weighted by Crippen LogP contribution is -2.56. The van der Waals surface area contributed by atoms with E-state index in [0.717, 1.165) is 45.8 Å². The Bertz CT molecular complexity index is 1060. The summed E-state index contributed by atoms with van der Waals surface area (Å²) in [6, 6.07) is 14.7. The third-order valence-corrected chi connectivity index (χ3v) is 6.57. The van der Waals surface area contributed by atoms with Crippen LogP contribution in [0.3, 0.4) is 0 Å². The van der Waals surface area contributed by atoms with Crippen molar-refractivity contribution in [3.8, 4) is 11.1 Å². The predicted molar refractivity (Wildman–Crippen MR) is 112 cm³/mol. The molecule has 2 atom stereocenters. The van der Waals surface area contributed by atoms with Crippen LogP contribution < -0.4 is 5.32 Å². The van der Waals surface area contributed by atoms with Gasteiger partial charge < -0.3 is 10.1 Å². The Balaban J connectivity index is 1.76. The molecule has 138 valence electrons. The predicted octanol–water partition coefficient (Wildman–Crippen LogP) is 5.81. The quantitative estimate of drug-likeness (QED) is 0.580. The van der Waals surface area contributed by atoms with Crippen LogP contribution in [0, 0.1) is 0 Å². The minimum atomic E-state index is -0.132. The van der Waals surface area contributed by atoms with Gasteiger partial charge in [-0.2, -0.15) is 0 Å². The molecule has 1 saturated heterocycles. The molecule has 1 N–H and O–H groups in total. The number of aromatic nitrogens is 1. The lowest BCUT2D eigenvalue weighted by molar-refractivity contribution is 0.0353. The molecule has 2 aliphatic heterocycles. The molecule has 2 aliphatic rings. The summed E-state index contributed by atoms with van der Waals surface area (Å²) in [5.41, 5.74) is 5.43. The molecule has 1 aromatic heterocycles. The summed E-state index contributed by atoms with van der Waals surface area (Å²) in [5.74, 6) is 0. The number of rotatable bonds is 1. The fraction of sp³-hybridized carbons (Fsp3) is 0.348. The number of ether oxygens (including phenoxy) is 1. The average Bonchev–Trinajstić information content (AvgIpc) is 3.05. The van der Waals surface area contributed by atoms with Gasteiger partial charge in [0.25, 0.3) is 0 Å². The van der Waals surface area contributed by atoms with E-state index in [1.54, 1.807) is 0 Å². The van der Waals surface area contributed by atoms with E-state index in [1.807, 2.05) is 24.4 Å². The molecule has 2 aromatic carbocycles. The highest BCUT2D eigenvalue weighted by atomic mass is 35.5. The Morgan fingerprint density at radius 2 is 1.96 bits per heavy atom. The van der Waals surface area contributed by atoms with Crippen molar-refractivity contribution in [2.24, 2.45) is 0 Å². The number of nitrogens with one attached hydrogen (secondary N) is 1. The van der Waals surface area contributed by atoms with Gasteiger partial charge in [0.05, 0.1) is 22.2 Å². The molecular weight excluding hydrogens is 356 g/mol. The molecule has 4 heteroatoms. The third-order valence-electron chi connectivity index (χ3n) is 6.26. The van der Waals surface area contributed by atoms with E-state index in [1.165, 1.54) is 5.56 Å². The molecule has 0 aliphatic carbocycles. The van der Waals surface area contributed by atoms with Gasteiger partial charge in [0.2, 0.25) is 0 Å². The van der Waals surface area contributed by atoms with Crippen molar-refractivity contribution < 1.29 is 4.74 Å². The van der Waals surface area contributed by atoms with Gasteiger partial charge >= 0.3 is 0 Å². The van der Waals surface area contributed by atoms with Crippen LogP contribution in [0.2, 0.25) is 5.02 Å². The normalized spacial score (nSPS) is 25.7. The van der Waals surface area contributed by atoms with E-state index >= 15 is 0 Å². The van der Waals surface area contributed by atoms with Crippen LogP contribution in [0.15, 0.2) is 48.7 Å². The van der Waals surface area contributed by atoms with Crippen LogP contribution in [-0.2, 0) is 10.2 Å². The van der Waals surface area contributed by atoms with Gasteiger partial charge in [0.1, 0.15) is 0 Å². The maximum Gasteiger partial charge on any atom is 0.0894 e. The number of nitrogens with zero attached hydrogens (tertiary/aromatic N) is 1. The molecule has 0 bridgehead atoms. The molecule has 0 spiro atoms. The molecule has 5 rings (SSSR count). The molecule has 3 nitrogen and oxygen atoms in total. The Morgan fingerprint density at radius 1 is 1.11 bits per heavy atom. The first-order chi connectivity index (χ1) is 12.9. The zero-order valence-corrected chi connectivity index (χ0v) is 16.6. The first-order valence-corrected chi connectivity index (χ1v) is 9.86. The average molecular weight is 379 g/mol. The van der Waals surface area contributed by atoms with Crippen LogP contribution in [0.5, 0.6) is 0 Å². The SMILES string of the molecule is CC1(C)Nc2cc(Cl)c(-c3cccc4ncccc34)cc2C2(C)CCOC12. The number of hydrogen-bond acceptors (Lipinski definition) is 3. The van der Waals surface area contributed by atoms with Crippen molar-refractivity contribution in [2.75, 3.05) is 11.9 Å². The van der Waals surface area contributed by atoms with E-state index in [4.69, 9.17) is 16.3 Å². The topological polar surface area (TPSA) is 34.2 Å². The second-order valence-electron chi connectivity index (χ2n) is 8.52. The lowest BCUT2D eigenvalue weighted by atomic mass is 9.66. The van der Waals surface area contributed by atoms with E-state index in [9.17, 15) is 0 Å². The maximum atomic E-state index is 6.79. The number of pyridine rings is 1. The summed E-state index contributed by atoms with van der Waals surface area (Å²) in [6.07, 6.45) is 2.99. The highest BCUT2D eigenvalue weighted by Crippen LogP contribution is 2.52. The highest BCUT2D eigenvalue weighted by molar-refractivity contribution is 6.34. The number of halogens is 1. The molecule has 0 radical (unpaired) electrons. The number of hydrogen-bond donors (Lipinski definition) is 1. The molecule has 1 fully saturated rings. The minimum Gasteiger partial charge on any atom is -0.377 e. The van der Waals surface area contributed by atoms with Crippen molar-refractivity contribution >= 4 is 28.2 Å². The van der Waals surface area contributed by atoms with Gasteiger partial charge in [-0.15, -0.1) is 0 Å². The van der Waals surface area contributed by atoms with Crippen molar-refractivity contribution in [1.82, 2.24) is 4.98 Å². The summed E-state index contributed by atoms with van der Waals surface area (Å²) < 4.78 is 6.17. The molecule has 3 aromatic rings. The van der Waals surface area contributed by atoms with Crippen LogP contribution >= 0.6 is 11.6 Å². The fourth-order valence-corrected chi connectivity index (χ4v) is 5.36. The van der Waals surface area contributed by atoms with Crippen molar-refractivity contribution in [1.29, 1.82) is 0 Å². The minimum absolute atomic E-state index is 0.0216. The zero-order valence-electron chi connectivity index (χ0n) is 15.8. The van der Waals surface area contributed by atoms with Crippen molar-refractivity contribution in [3.63, 3.8) is 0 Å². The van der Waals surface area contributed by atoms with Gasteiger partial charge in [-0.1, -0.05) is 36.7 Å². The number of anilines is 1. The molecule has 3 heterocycles. The van der Waals surface area contributed by atoms with Crippen molar-refractivity contribution in [3.05, 3.63) is 59.2 Å². The highest BCUT2D eigenvalue weighted by Gasteiger charge is 2.53. The first-order valence-electron chi connectivity index (χ1n) is 9.48. The van der Waals surface area contributed by atoms with Crippen LogP contribution in [0.25, 0.3) is 22.0 Å². The summed E-state index contributed by atoms with van der Waals surface area (Å²) >= 11 is 6.79. The second-order valence-corrected chi connectivity index (χ2v) is 8.93. The summed E-state index contributed by atoms with van der Waals surface area (Å²) in [7, 11) is 0. The standard InChI is InChI=1S/C23H23ClN2O/c1-22(2)21-23(3,9-11-27-21)17-12-16(18(24)13-20(17)26-22)14-6-4-8-19-15(14)7-5-10-25-19/h4-8,10,12-13,21,26H,9,11H2,1-3H3. The van der Waals surface area contributed by atoms with Gasteiger partial charge in [0.15, 0.2) is 0 Å². The lowest BCUT2D eigenvalue weighted by Gasteiger charge is -2.48. The monoisotopic (exact) mass is 378 g/mol. The van der Waals surface area contributed by atoms with Gasteiger partial charge in [-0.05, 0) is 55.7 Å². The summed E-state index contributed by atoms with van der Waals surface area (Å²) in [4.78, 5) is 4.49. The summed E-state index contributed by atoms with van der Waals surface area (Å²) in [5, 5.41) is 5.55. The number of benzene rings is 2. The third kappa shape index (κ3) is 2.41. The van der Waals surface area contributed by atoms with Gasteiger partial charge in [0, 0.05) is 34.9 Å². The Kier molecular flexibility index (Phi) is 3.59. The molecule has 0 amide bonds. The van der Waals surface area contributed by atoms with E-state index < -0.39 is 0 Å². The molecule has 27 heavy (non-hydrogen) atoms. The van der Waals surface area contributed by atoms with E-state index in [-0.39, 0.29) is 17.1 Å². The smallest absolute Gasteiger partial charge is 0.0894 e. The van der Waals surface area contributed by atoms with E-state index in [2.05, 4.69) is 55.3 Å². The zero-order chi connectivity index (χ0) is 18.8. The van der Waals surface area contributed by atoms with Crippen molar-refractivity contribution in [2.45, 2.75) is 44.2 Å². The number of fused-ring (bicyclic) bond motifs is 4. The van der Waals surface area contributed by atoms with Crippen LogP contribution in [0.4, 0.5) is 5.69 Å². The van der Waals surface area contributed by atoms with E-state index in [0.29, 0.717) is 0 Å². The Morgan fingerprint density at radius 3 is 2.81 bits per heavy atom. The maximum absolute atomic E-state index is 6.79. The fourth-order valence-electron chi connectivity index (χ4n) is 5.09. The summed E-state index contributed by atoms with van der Waals surface area (Å²) in [6.45, 7) is 7.54. The molecular formula is C23H23ClN2O. The molecule has 2 unspecified atom stereocenters. The Hall–Kier alpha value is -2.10. The largest absolute Gasteiger partial charge is 0.377 e. The first kappa shape index (κ1) is 17.0.